The van der Waals surface area contributed by atoms with Crippen LogP contribution in [0.1, 0.15) is 64.6 Å². The summed E-state index contributed by atoms with van der Waals surface area (Å²) in [6.07, 6.45) is 8.89. The molecule has 0 saturated heterocycles. The van der Waals surface area contributed by atoms with Gasteiger partial charge in [-0.05, 0) is 44.1 Å². The lowest BCUT2D eigenvalue weighted by molar-refractivity contribution is 0.398. The highest BCUT2D eigenvalue weighted by Crippen LogP contribution is 2.34. The minimum atomic E-state index is -0.00741. The lowest BCUT2D eigenvalue weighted by Crippen LogP contribution is -2.39. The molecule has 1 aromatic rings. The van der Waals surface area contributed by atoms with Crippen LogP contribution in [0.25, 0.3) is 0 Å². The first-order chi connectivity index (χ1) is 8.56. The molecule has 1 aliphatic carbocycles. The van der Waals surface area contributed by atoms with Crippen LogP contribution in [0.3, 0.4) is 0 Å². The fraction of sp³-hybridized carbons (Fsp3) is 0.800. The average molecular weight is 249 g/mol. The van der Waals surface area contributed by atoms with Gasteiger partial charge in [0, 0.05) is 18.2 Å². The zero-order valence-electron chi connectivity index (χ0n) is 12.0. The maximum atomic E-state index is 6.48. The van der Waals surface area contributed by atoms with Crippen LogP contribution in [-0.4, -0.2) is 15.3 Å². The fourth-order valence-corrected chi connectivity index (χ4v) is 3.29. The number of nitrogens with two attached hydrogens (primary N) is 1. The van der Waals surface area contributed by atoms with E-state index in [9.17, 15) is 0 Å². The molecule has 3 nitrogen and oxygen atoms in total. The van der Waals surface area contributed by atoms with E-state index in [-0.39, 0.29) is 5.54 Å². The van der Waals surface area contributed by atoms with Gasteiger partial charge in [0.1, 0.15) is 0 Å². The standard InChI is InChI=1S/C15H27N3/c1-4-14(5-2)18-9-7-13(17-18)11-15(16)8-6-12(3)10-15/h7,9,12,14H,4-6,8,10-11,16H2,1-3H3. The van der Waals surface area contributed by atoms with E-state index in [1.807, 2.05) is 0 Å². The summed E-state index contributed by atoms with van der Waals surface area (Å²) in [5.74, 6) is 0.774. The minimum Gasteiger partial charge on any atom is -0.325 e. The van der Waals surface area contributed by atoms with Crippen LogP contribution in [0.4, 0.5) is 0 Å². The molecule has 0 amide bonds. The van der Waals surface area contributed by atoms with Gasteiger partial charge >= 0.3 is 0 Å². The normalized spacial score (nSPS) is 28.2. The van der Waals surface area contributed by atoms with Gasteiger partial charge in [0.15, 0.2) is 0 Å². The molecule has 0 spiro atoms. The van der Waals surface area contributed by atoms with E-state index < -0.39 is 0 Å². The SMILES string of the molecule is CCC(CC)n1ccc(CC2(N)CCC(C)C2)n1. The molecule has 1 aromatic heterocycles. The first-order valence-electron chi connectivity index (χ1n) is 7.39. The Labute approximate surface area is 111 Å². The van der Waals surface area contributed by atoms with Gasteiger partial charge in [-0.15, -0.1) is 0 Å². The smallest absolute Gasteiger partial charge is 0.0643 e. The Morgan fingerprint density at radius 1 is 1.50 bits per heavy atom. The van der Waals surface area contributed by atoms with Crippen molar-refractivity contribution in [1.29, 1.82) is 0 Å². The largest absolute Gasteiger partial charge is 0.325 e. The summed E-state index contributed by atoms with van der Waals surface area (Å²) in [7, 11) is 0. The van der Waals surface area contributed by atoms with Crippen molar-refractivity contribution >= 4 is 0 Å². The molecule has 2 rings (SSSR count). The van der Waals surface area contributed by atoms with Crippen molar-refractivity contribution in [2.24, 2.45) is 11.7 Å². The summed E-state index contributed by atoms with van der Waals surface area (Å²) in [6.45, 7) is 6.74. The van der Waals surface area contributed by atoms with E-state index in [1.54, 1.807) is 0 Å². The molecule has 102 valence electrons. The van der Waals surface area contributed by atoms with Crippen molar-refractivity contribution in [2.75, 3.05) is 0 Å². The second-order valence-corrected chi connectivity index (χ2v) is 6.14. The summed E-state index contributed by atoms with van der Waals surface area (Å²) in [5, 5.41) is 4.72. The van der Waals surface area contributed by atoms with E-state index >= 15 is 0 Å². The predicted molar refractivity (Wildman–Crippen MR) is 75.5 cm³/mol. The highest BCUT2D eigenvalue weighted by Gasteiger charge is 2.34. The van der Waals surface area contributed by atoms with Crippen LogP contribution < -0.4 is 5.73 Å². The van der Waals surface area contributed by atoms with E-state index in [0.717, 1.165) is 38.0 Å². The predicted octanol–water partition coefficient (Wildman–Crippen LogP) is 3.30. The Morgan fingerprint density at radius 2 is 2.22 bits per heavy atom. The first-order valence-corrected chi connectivity index (χ1v) is 7.39. The highest BCUT2D eigenvalue weighted by molar-refractivity contribution is 5.08. The molecule has 2 unspecified atom stereocenters. The number of nitrogens with zero attached hydrogens (tertiary/aromatic N) is 2. The quantitative estimate of drug-likeness (QED) is 0.870. The Kier molecular flexibility index (Phi) is 4.10. The van der Waals surface area contributed by atoms with Crippen molar-refractivity contribution in [3.63, 3.8) is 0 Å². The summed E-state index contributed by atoms with van der Waals surface area (Å²) < 4.78 is 2.12. The fourth-order valence-electron chi connectivity index (χ4n) is 3.29. The molecule has 0 radical (unpaired) electrons. The molecular weight excluding hydrogens is 222 g/mol. The Bertz CT molecular complexity index is 381. The Balaban J connectivity index is 2.02. The second kappa shape index (κ2) is 5.43. The third-order valence-corrected chi connectivity index (χ3v) is 4.40. The lowest BCUT2D eigenvalue weighted by Gasteiger charge is -2.22. The molecule has 1 heterocycles. The van der Waals surface area contributed by atoms with Gasteiger partial charge in [-0.2, -0.15) is 5.10 Å². The maximum Gasteiger partial charge on any atom is 0.0643 e. The highest BCUT2D eigenvalue weighted by atomic mass is 15.3. The molecule has 18 heavy (non-hydrogen) atoms. The third kappa shape index (κ3) is 2.94. The molecule has 1 fully saturated rings. The van der Waals surface area contributed by atoms with Crippen LogP contribution in [0.5, 0.6) is 0 Å². The van der Waals surface area contributed by atoms with Gasteiger partial charge in [-0.1, -0.05) is 20.8 Å². The van der Waals surface area contributed by atoms with E-state index in [0.29, 0.717) is 6.04 Å². The summed E-state index contributed by atoms with van der Waals surface area (Å²) >= 11 is 0. The zero-order chi connectivity index (χ0) is 13.2. The molecule has 2 atom stereocenters. The molecule has 3 heteroatoms. The van der Waals surface area contributed by atoms with Gasteiger partial charge in [0.2, 0.25) is 0 Å². The van der Waals surface area contributed by atoms with Crippen LogP contribution in [0.15, 0.2) is 12.3 Å². The van der Waals surface area contributed by atoms with Crippen LogP contribution in [0.2, 0.25) is 0 Å². The van der Waals surface area contributed by atoms with E-state index in [4.69, 9.17) is 10.8 Å². The van der Waals surface area contributed by atoms with Gasteiger partial charge in [0.05, 0.1) is 11.7 Å². The topological polar surface area (TPSA) is 43.8 Å². The molecule has 1 saturated carbocycles. The summed E-state index contributed by atoms with van der Waals surface area (Å²) in [6, 6.07) is 2.69. The van der Waals surface area contributed by atoms with Crippen molar-refractivity contribution < 1.29 is 0 Å². The van der Waals surface area contributed by atoms with Crippen molar-refractivity contribution in [3.8, 4) is 0 Å². The number of rotatable bonds is 5. The average Bonchev–Trinajstić information content (AvgIpc) is 2.89. The Morgan fingerprint density at radius 3 is 2.78 bits per heavy atom. The van der Waals surface area contributed by atoms with Crippen LogP contribution in [-0.2, 0) is 6.42 Å². The van der Waals surface area contributed by atoms with Crippen molar-refractivity contribution in [1.82, 2.24) is 9.78 Å². The molecule has 0 aromatic carbocycles. The number of hydrogen-bond donors (Lipinski definition) is 1. The summed E-state index contributed by atoms with van der Waals surface area (Å²) in [5.41, 5.74) is 7.64. The molecule has 2 N–H and O–H groups in total. The monoisotopic (exact) mass is 249 g/mol. The van der Waals surface area contributed by atoms with E-state index in [1.165, 1.54) is 12.1 Å². The second-order valence-electron chi connectivity index (χ2n) is 6.14. The molecule has 0 bridgehead atoms. The third-order valence-electron chi connectivity index (χ3n) is 4.40. The van der Waals surface area contributed by atoms with Crippen LogP contribution in [0, 0.1) is 5.92 Å². The van der Waals surface area contributed by atoms with E-state index in [2.05, 4.69) is 37.7 Å². The van der Waals surface area contributed by atoms with Crippen molar-refractivity contribution in [2.45, 2.75) is 70.9 Å². The van der Waals surface area contributed by atoms with Crippen LogP contribution >= 0.6 is 0 Å². The zero-order valence-corrected chi connectivity index (χ0v) is 12.0. The van der Waals surface area contributed by atoms with Gasteiger partial charge < -0.3 is 5.73 Å². The number of hydrogen-bond acceptors (Lipinski definition) is 2. The lowest BCUT2D eigenvalue weighted by atomic mass is 9.92. The molecular formula is C15H27N3. The molecule has 0 aliphatic heterocycles. The Hall–Kier alpha value is -0.830. The first kappa shape index (κ1) is 13.6. The van der Waals surface area contributed by atoms with Crippen molar-refractivity contribution in [3.05, 3.63) is 18.0 Å². The minimum absolute atomic E-state index is 0.00741. The number of aromatic nitrogens is 2. The van der Waals surface area contributed by atoms with Gasteiger partial charge in [-0.25, -0.2) is 0 Å². The maximum absolute atomic E-state index is 6.48. The van der Waals surface area contributed by atoms with Gasteiger partial charge in [0.25, 0.3) is 0 Å². The summed E-state index contributed by atoms with van der Waals surface area (Å²) in [4.78, 5) is 0. The van der Waals surface area contributed by atoms with Gasteiger partial charge in [-0.3, -0.25) is 4.68 Å². The molecule has 1 aliphatic rings.